The molecule has 0 fully saturated rings. The van der Waals surface area contributed by atoms with Crippen molar-refractivity contribution in [2.24, 2.45) is 5.73 Å². The third-order valence-electron chi connectivity index (χ3n) is 2.95. The van der Waals surface area contributed by atoms with Gasteiger partial charge in [-0.05, 0) is 46.6 Å². The molecule has 0 amide bonds. The molecule has 2 N–H and O–H groups in total. The predicted molar refractivity (Wildman–Crippen MR) is 82.9 cm³/mol. The molecule has 5 heteroatoms. The molecule has 1 atom stereocenters. The van der Waals surface area contributed by atoms with Crippen molar-refractivity contribution in [1.82, 2.24) is 0 Å². The summed E-state index contributed by atoms with van der Waals surface area (Å²) in [6, 6.07) is 9.66. The van der Waals surface area contributed by atoms with E-state index in [1.54, 1.807) is 6.92 Å². The summed E-state index contributed by atoms with van der Waals surface area (Å²) in [5.41, 5.74) is 6.32. The lowest BCUT2D eigenvalue weighted by Gasteiger charge is -2.15. The molecule has 0 aliphatic carbocycles. The first-order valence-electron chi connectivity index (χ1n) is 6.08. The summed E-state index contributed by atoms with van der Waals surface area (Å²) in [4.78, 5) is 0.997. The van der Waals surface area contributed by atoms with Crippen molar-refractivity contribution in [2.75, 3.05) is 5.75 Å². The standard InChI is InChI=1S/C15H14BrF2NS/c1-9-6-7-11(17)14(15(9)18)12(19)8-20-13-5-3-2-4-10(13)16/h2-7,12H,8,19H2,1H3. The van der Waals surface area contributed by atoms with E-state index in [9.17, 15) is 8.78 Å². The molecule has 2 aromatic carbocycles. The van der Waals surface area contributed by atoms with Crippen LogP contribution in [0.15, 0.2) is 45.8 Å². The van der Waals surface area contributed by atoms with Crippen molar-refractivity contribution in [3.05, 3.63) is 63.6 Å². The Morgan fingerprint density at radius 3 is 2.60 bits per heavy atom. The molecule has 1 unspecified atom stereocenters. The lowest BCUT2D eigenvalue weighted by atomic mass is 10.0. The van der Waals surface area contributed by atoms with Gasteiger partial charge in [0.15, 0.2) is 0 Å². The number of rotatable bonds is 4. The van der Waals surface area contributed by atoms with Crippen LogP contribution >= 0.6 is 27.7 Å². The Morgan fingerprint density at radius 1 is 1.20 bits per heavy atom. The van der Waals surface area contributed by atoms with Gasteiger partial charge in [0.05, 0.1) is 0 Å². The highest BCUT2D eigenvalue weighted by Gasteiger charge is 2.18. The average Bonchev–Trinajstić information content (AvgIpc) is 2.42. The average molecular weight is 358 g/mol. The van der Waals surface area contributed by atoms with Crippen LogP contribution in [0.3, 0.4) is 0 Å². The van der Waals surface area contributed by atoms with Gasteiger partial charge in [-0.2, -0.15) is 0 Å². The second-order valence-corrected chi connectivity index (χ2v) is 6.36. The second kappa shape index (κ2) is 6.70. The molecule has 0 spiro atoms. The van der Waals surface area contributed by atoms with Gasteiger partial charge in [-0.25, -0.2) is 8.78 Å². The summed E-state index contributed by atoms with van der Waals surface area (Å²) in [5, 5.41) is 0. The Balaban J connectivity index is 2.15. The Hall–Kier alpha value is -0.910. The third-order valence-corrected chi connectivity index (χ3v) is 5.09. The topological polar surface area (TPSA) is 26.0 Å². The van der Waals surface area contributed by atoms with E-state index in [0.717, 1.165) is 9.37 Å². The highest BCUT2D eigenvalue weighted by atomic mass is 79.9. The van der Waals surface area contributed by atoms with Crippen LogP contribution in [0.25, 0.3) is 0 Å². The first-order valence-corrected chi connectivity index (χ1v) is 7.86. The quantitative estimate of drug-likeness (QED) is 0.793. The molecule has 0 aliphatic heterocycles. The van der Waals surface area contributed by atoms with Crippen molar-refractivity contribution in [1.29, 1.82) is 0 Å². The minimum absolute atomic E-state index is 0.0375. The van der Waals surface area contributed by atoms with Gasteiger partial charge in [0.1, 0.15) is 11.6 Å². The summed E-state index contributed by atoms with van der Waals surface area (Å²) < 4.78 is 28.7. The zero-order valence-electron chi connectivity index (χ0n) is 10.9. The van der Waals surface area contributed by atoms with Crippen molar-refractivity contribution < 1.29 is 8.78 Å². The van der Waals surface area contributed by atoms with Crippen molar-refractivity contribution >= 4 is 27.7 Å². The highest BCUT2D eigenvalue weighted by molar-refractivity contribution is 9.10. The maximum atomic E-state index is 14.0. The van der Waals surface area contributed by atoms with E-state index in [1.165, 1.54) is 23.9 Å². The van der Waals surface area contributed by atoms with Crippen LogP contribution in [0, 0.1) is 18.6 Å². The number of halogens is 3. The summed E-state index contributed by atoms with van der Waals surface area (Å²) >= 11 is 4.90. The van der Waals surface area contributed by atoms with Gasteiger partial charge in [-0.3, -0.25) is 0 Å². The van der Waals surface area contributed by atoms with Gasteiger partial charge in [-0.15, -0.1) is 11.8 Å². The lowest BCUT2D eigenvalue weighted by Crippen LogP contribution is -2.17. The minimum atomic E-state index is -0.688. The maximum absolute atomic E-state index is 14.0. The normalized spacial score (nSPS) is 12.4. The zero-order chi connectivity index (χ0) is 14.7. The fourth-order valence-electron chi connectivity index (χ4n) is 1.84. The van der Waals surface area contributed by atoms with Crippen LogP contribution < -0.4 is 5.73 Å². The van der Waals surface area contributed by atoms with Crippen LogP contribution in [0.2, 0.25) is 0 Å². The van der Waals surface area contributed by atoms with Crippen molar-refractivity contribution in [2.45, 2.75) is 17.9 Å². The fraction of sp³-hybridized carbons (Fsp3) is 0.200. The predicted octanol–water partition coefficient (Wildman–Crippen LogP) is 4.83. The molecular formula is C15H14BrF2NS. The molecule has 0 saturated carbocycles. The second-order valence-electron chi connectivity index (χ2n) is 4.44. The molecule has 0 radical (unpaired) electrons. The van der Waals surface area contributed by atoms with Gasteiger partial charge in [0.25, 0.3) is 0 Å². The summed E-state index contributed by atoms with van der Waals surface area (Å²) in [5.74, 6) is -0.738. The molecule has 0 bridgehead atoms. The van der Waals surface area contributed by atoms with E-state index < -0.39 is 17.7 Å². The van der Waals surface area contributed by atoms with Crippen molar-refractivity contribution in [3.63, 3.8) is 0 Å². The number of thioether (sulfide) groups is 1. The summed E-state index contributed by atoms with van der Waals surface area (Å²) in [6.07, 6.45) is 0. The molecule has 0 aromatic heterocycles. The van der Waals surface area contributed by atoms with Gasteiger partial charge in [0.2, 0.25) is 0 Å². The van der Waals surface area contributed by atoms with E-state index in [2.05, 4.69) is 15.9 Å². The smallest absolute Gasteiger partial charge is 0.133 e. The Bertz CT molecular complexity index is 619. The maximum Gasteiger partial charge on any atom is 0.133 e. The minimum Gasteiger partial charge on any atom is -0.323 e. The van der Waals surface area contributed by atoms with E-state index in [-0.39, 0.29) is 5.56 Å². The zero-order valence-corrected chi connectivity index (χ0v) is 13.3. The molecule has 106 valence electrons. The van der Waals surface area contributed by atoms with Gasteiger partial charge >= 0.3 is 0 Å². The van der Waals surface area contributed by atoms with E-state index >= 15 is 0 Å². The Kier molecular flexibility index (Phi) is 5.18. The number of nitrogens with two attached hydrogens (primary N) is 1. The summed E-state index contributed by atoms with van der Waals surface area (Å²) in [6.45, 7) is 1.60. The van der Waals surface area contributed by atoms with E-state index in [1.807, 2.05) is 24.3 Å². The lowest BCUT2D eigenvalue weighted by molar-refractivity contribution is 0.533. The Morgan fingerprint density at radius 2 is 1.90 bits per heavy atom. The number of benzene rings is 2. The fourth-order valence-corrected chi connectivity index (χ4v) is 3.38. The van der Waals surface area contributed by atoms with Crippen molar-refractivity contribution in [3.8, 4) is 0 Å². The van der Waals surface area contributed by atoms with E-state index in [0.29, 0.717) is 11.3 Å². The molecular weight excluding hydrogens is 344 g/mol. The highest BCUT2D eigenvalue weighted by Crippen LogP contribution is 2.31. The molecule has 2 rings (SSSR count). The third kappa shape index (κ3) is 3.40. The molecule has 1 nitrogen and oxygen atoms in total. The molecule has 0 heterocycles. The van der Waals surface area contributed by atoms with Gasteiger partial charge in [0, 0.05) is 26.7 Å². The molecule has 2 aromatic rings. The number of hydrogen-bond acceptors (Lipinski definition) is 2. The van der Waals surface area contributed by atoms with Gasteiger partial charge in [-0.1, -0.05) is 18.2 Å². The van der Waals surface area contributed by atoms with Crippen LogP contribution in [0.5, 0.6) is 0 Å². The molecule has 0 saturated heterocycles. The van der Waals surface area contributed by atoms with Crippen LogP contribution in [-0.4, -0.2) is 5.75 Å². The summed E-state index contributed by atoms with van der Waals surface area (Å²) in [7, 11) is 0. The molecule has 20 heavy (non-hydrogen) atoms. The SMILES string of the molecule is Cc1ccc(F)c(C(N)CSc2ccccc2Br)c1F. The van der Waals surface area contributed by atoms with Crippen LogP contribution in [-0.2, 0) is 0 Å². The number of hydrogen-bond donors (Lipinski definition) is 1. The first kappa shape index (κ1) is 15.5. The molecule has 0 aliphatic rings. The van der Waals surface area contributed by atoms with Crippen LogP contribution in [0.1, 0.15) is 17.2 Å². The monoisotopic (exact) mass is 357 g/mol. The Labute approximate surface area is 129 Å². The number of aryl methyl sites for hydroxylation is 1. The first-order chi connectivity index (χ1) is 9.50. The largest absolute Gasteiger partial charge is 0.323 e. The van der Waals surface area contributed by atoms with E-state index in [4.69, 9.17) is 5.73 Å². The van der Waals surface area contributed by atoms with Gasteiger partial charge < -0.3 is 5.73 Å². The van der Waals surface area contributed by atoms with Crippen LogP contribution in [0.4, 0.5) is 8.78 Å².